The molecule has 0 aliphatic heterocycles. The number of pyridine rings is 1. The van der Waals surface area contributed by atoms with E-state index in [2.05, 4.69) is 22.9 Å². The van der Waals surface area contributed by atoms with Crippen molar-refractivity contribution in [3.8, 4) is 5.75 Å². The van der Waals surface area contributed by atoms with Gasteiger partial charge in [0.05, 0.1) is 0 Å². The summed E-state index contributed by atoms with van der Waals surface area (Å²) in [6, 6.07) is 2.98. The zero-order chi connectivity index (χ0) is 9.68. The third-order valence-corrected chi connectivity index (χ3v) is 1.62. The number of nitrogens with one attached hydrogen (secondary N) is 1. The first-order valence-corrected chi connectivity index (χ1v) is 4.42. The lowest BCUT2D eigenvalue weighted by Gasteiger charge is -2.03. The van der Waals surface area contributed by atoms with Crippen molar-refractivity contribution in [2.45, 2.75) is 0 Å². The van der Waals surface area contributed by atoms with Crippen molar-refractivity contribution >= 4 is 18.5 Å². The summed E-state index contributed by atoms with van der Waals surface area (Å²) in [6.07, 6.45) is 1.45. The molecule has 0 aromatic carbocycles. The van der Waals surface area contributed by atoms with Gasteiger partial charge in [-0.05, 0) is 12.1 Å². The number of carbonyl (C=O) groups is 1. The summed E-state index contributed by atoms with van der Waals surface area (Å²) in [5.41, 5.74) is 0.0456. The quantitative estimate of drug-likeness (QED) is 0.618. The van der Waals surface area contributed by atoms with Gasteiger partial charge in [-0.25, -0.2) is 4.98 Å². The molecule has 0 fully saturated rings. The predicted molar refractivity (Wildman–Crippen MR) is 52.1 cm³/mol. The van der Waals surface area contributed by atoms with E-state index in [0.717, 1.165) is 0 Å². The van der Waals surface area contributed by atoms with Gasteiger partial charge >= 0.3 is 0 Å². The molecule has 0 atom stereocenters. The molecule has 1 amide bonds. The molecule has 0 spiro atoms. The number of carbonyl (C=O) groups excluding carboxylic acids is 1. The minimum atomic E-state index is -0.382. The number of aromatic hydroxyl groups is 1. The van der Waals surface area contributed by atoms with Crippen molar-refractivity contribution in [1.82, 2.24) is 10.3 Å². The van der Waals surface area contributed by atoms with Gasteiger partial charge in [0.2, 0.25) is 0 Å². The van der Waals surface area contributed by atoms with Gasteiger partial charge in [0.15, 0.2) is 5.69 Å². The predicted octanol–water partition coefficient (Wildman–Crippen LogP) is 0.447. The Morgan fingerprint density at radius 2 is 2.46 bits per heavy atom. The molecule has 13 heavy (non-hydrogen) atoms. The summed E-state index contributed by atoms with van der Waals surface area (Å²) >= 11 is 3.94. The van der Waals surface area contributed by atoms with E-state index >= 15 is 0 Å². The van der Waals surface area contributed by atoms with Gasteiger partial charge in [0.1, 0.15) is 5.75 Å². The lowest BCUT2D eigenvalue weighted by molar-refractivity contribution is 0.0948. The summed E-state index contributed by atoms with van der Waals surface area (Å²) in [5.74, 6) is 0.0607. The average Bonchev–Trinajstić information content (AvgIpc) is 2.15. The molecule has 5 heteroatoms. The highest BCUT2D eigenvalue weighted by molar-refractivity contribution is 7.80. The topological polar surface area (TPSA) is 62.2 Å². The molecular weight excluding hydrogens is 188 g/mol. The first kappa shape index (κ1) is 9.85. The van der Waals surface area contributed by atoms with Gasteiger partial charge in [-0.15, -0.1) is 0 Å². The number of amides is 1. The van der Waals surface area contributed by atoms with Crippen LogP contribution < -0.4 is 5.32 Å². The van der Waals surface area contributed by atoms with E-state index in [-0.39, 0.29) is 17.4 Å². The van der Waals surface area contributed by atoms with Gasteiger partial charge in [0, 0.05) is 18.5 Å². The van der Waals surface area contributed by atoms with E-state index in [1.807, 2.05) is 0 Å². The molecule has 1 rings (SSSR count). The van der Waals surface area contributed by atoms with Crippen molar-refractivity contribution in [2.24, 2.45) is 0 Å². The molecule has 4 nitrogen and oxygen atoms in total. The minimum absolute atomic E-state index is 0.0456. The minimum Gasteiger partial charge on any atom is -0.505 e. The standard InChI is InChI=1S/C8H10N2O2S/c11-6-2-1-3-9-7(6)8(12)10-4-5-13/h1-3,11,13H,4-5H2,(H,10,12). The van der Waals surface area contributed by atoms with Gasteiger partial charge in [-0.3, -0.25) is 4.79 Å². The monoisotopic (exact) mass is 198 g/mol. The third kappa shape index (κ3) is 2.62. The van der Waals surface area contributed by atoms with Crippen LogP contribution in [0.5, 0.6) is 5.75 Å². The van der Waals surface area contributed by atoms with E-state index in [1.165, 1.54) is 12.3 Å². The van der Waals surface area contributed by atoms with Crippen LogP contribution in [0.15, 0.2) is 18.3 Å². The van der Waals surface area contributed by atoms with Gasteiger partial charge in [0.25, 0.3) is 5.91 Å². The maximum Gasteiger partial charge on any atom is 0.273 e. The molecule has 0 bridgehead atoms. The van der Waals surface area contributed by atoms with Crippen LogP contribution in [0.3, 0.4) is 0 Å². The molecule has 1 aromatic rings. The van der Waals surface area contributed by atoms with Crippen molar-refractivity contribution < 1.29 is 9.90 Å². The number of hydrogen-bond donors (Lipinski definition) is 3. The van der Waals surface area contributed by atoms with E-state index < -0.39 is 0 Å². The second-order valence-corrected chi connectivity index (χ2v) is 2.80. The normalized spacial score (nSPS) is 9.62. The smallest absolute Gasteiger partial charge is 0.273 e. The molecule has 0 aliphatic rings. The van der Waals surface area contributed by atoms with Gasteiger partial charge in [-0.2, -0.15) is 12.6 Å². The first-order valence-electron chi connectivity index (χ1n) is 3.78. The van der Waals surface area contributed by atoms with Crippen LogP contribution in [0.2, 0.25) is 0 Å². The lowest BCUT2D eigenvalue weighted by atomic mass is 10.3. The zero-order valence-corrected chi connectivity index (χ0v) is 7.79. The summed E-state index contributed by atoms with van der Waals surface area (Å²) in [7, 11) is 0. The summed E-state index contributed by atoms with van der Waals surface area (Å²) < 4.78 is 0. The summed E-state index contributed by atoms with van der Waals surface area (Å²) in [6.45, 7) is 0.456. The average molecular weight is 198 g/mol. The molecule has 0 saturated heterocycles. The molecule has 0 saturated carbocycles. The fourth-order valence-corrected chi connectivity index (χ4v) is 0.937. The molecule has 0 radical (unpaired) electrons. The lowest BCUT2D eigenvalue weighted by Crippen LogP contribution is -2.26. The number of aromatic nitrogens is 1. The fourth-order valence-electron chi connectivity index (χ4n) is 0.825. The first-order chi connectivity index (χ1) is 6.25. The van der Waals surface area contributed by atoms with E-state index in [4.69, 9.17) is 0 Å². The van der Waals surface area contributed by atoms with Crippen molar-refractivity contribution in [3.63, 3.8) is 0 Å². The van der Waals surface area contributed by atoms with E-state index in [9.17, 15) is 9.90 Å². The second-order valence-electron chi connectivity index (χ2n) is 2.35. The van der Waals surface area contributed by atoms with Crippen molar-refractivity contribution in [3.05, 3.63) is 24.0 Å². The van der Waals surface area contributed by atoms with Crippen LogP contribution in [-0.4, -0.2) is 28.3 Å². The van der Waals surface area contributed by atoms with E-state index in [1.54, 1.807) is 6.07 Å². The highest BCUT2D eigenvalue weighted by atomic mass is 32.1. The molecular formula is C8H10N2O2S. The molecule has 0 aliphatic carbocycles. The van der Waals surface area contributed by atoms with Crippen LogP contribution in [0.1, 0.15) is 10.5 Å². The van der Waals surface area contributed by atoms with Crippen molar-refractivity contribution in [2.75, 3.05) is 12.3 Å². The Balaban J connectivity index is 2.71. The van der Waals surface area contributed by atoms with Crippen LogP contribution in [0.25, 0.3) is 0 Å². The molecule has 1 aromatic heterocycles. The zero-order valence-electron chi connectivity index (χ0n) is 6.90. The molecule has 70 valence electrons. The van der Waals surface area contributed by atoms with Gasteiger partial charge in [-0.1, -0.05) is 0 Å². The Kier molecular flexibility index (Phi) is 3.57. The largest absolute Gasteiger partial charge is 0.505 e. The number of thiol groups is 1. The Morgan fingerprint density at radius 1 is 1.69 bits per heavy atom. The highest BCUT2D eigenvalue weighted by Crippen LogP contribution is 2.11. The third-order valence-electron chi connectivity index (χ3n) is 1.40. The van der Waals surface area contributed by atoms with Gasteiger partial charge < -0.3 is 10.4 Å². The Bertz CT molecular complexity index is 304. The molecule has 0 unspecified atom stereocenters. The number of hydrogen-bond acceptors (Lipinski definition) is 4. The van der Waals surface area contributed by atoms with E-state index in [0.29, 0.717) is 12.3 Å². The Labute approximate surface area is 81.4 Å². The summed E-state index contributed by atoms with van der Waals surface area (Å²) in [4.78, 5) is 15.0. The molecule has 2 N–H and O–H groups in total. The number of rotatable bonds is 3. The van der Waals surface area contributed by atoms with Crippen LogP contribution in [0, 0.1) is 0 Å². The van der Waals surface area contributed by atoms with Crippen molar-refractivity contribution in [1.29, 1.82) is 0 Å². The summed E-state index contributed by atoms with van der Waals surface area (Å²) in [5, 5.41) is 11.8. The Morgan fingerprint density at radius 3 is 3.08 bits per heavy atom. The van der Waals surface area contributed by atoms with Crippen LogP contribution in [-0.2, 0) is 0 Å². The SMILES string of the molecule is O=C(NCCS)c1ncccc1O. The van der Waals surface area contributed by atoms with Crippen LogP contribution in [0.4, 0.5) is 0 Å². The second kappa shape index (κ2) is 4.71. The maximum absolute atomic E-state index is 11.3. The van der Waals surface area contributed by atoms with Crippen LogP contribution >= 0.6 is 12.6 Å². The fraction of sp³-hybridized carbons (Fsp3) is 0.250. The highest BCUT2D eigenvalue weighted by Gasteiger charge is 2.10. The molecule has 1 heterocycles. The maximum atomic E-state index is 11.3. The Hall–Kier alpha value is -1.23. The number of nitrogens with zero attached hydrogens (tertiary/aromatic N) is 1.